The molecule has 0 atom stereocenters. The molecule has 0 bridgehead atoms. The van der Waals surface area contributed by atoms with E-state index in [0.29, 0.717) is 13.0 Å². The molecular weight excluding hydrogens is 340 g/mol. The van der Waals surface area contributed by atoms with Crippen molar-refractivity contribution in [3.05, 3.63) is 64.1 Å². The predicted octanol–water partition coefficient (Wildman–Crippen LogP) is 4.23. The second-order valence-electron chi connectivity index (χ2n) is 7.62. The van der Waals surface area contributed by atoms with E-state index in [1.807, 2.05) is 13.0 Å². The van der Waals surface area contributed by atoms with Crippen LogP contribution in [0.2, 0.25) is 0 Å². The van der Waals surface area contributed by atoms with E-state index in [4.69, 9.17) is 4.74 Å². The van der Waals surface area contributed by atoms with Crippen molar-refractivity contribution in [1.29, 1.82) is 0 Å². The summed E-state index contributed by atoms with van der Waals surface area (Å²) in [6.45, 7) is 7.04. The van der Waals surface area contributed by atoms with Crippen molar-refractivity contribution in [3.8, 4) is 11.5 Å². The number of nitrogens with zero attached hydrogens (tertiary/aromatic N) is 2. The molecule has 1 aliphatic rings. The van der Waals surface area contributed by atoms with Crippen molar-refractivity contribution in [3.63, 3.8) is 0 Å². The zero-order chi connectivity index (χ0) is 19.3. The van der Waals surface area contributed by atoms with Crippen LogP contribution in [0.3, 0.4) is 0 Å². The molecule has 0 aliphatic carbocycles. The van der Waals surface area contributed by atoms with Gasteiger partial charge in [0.2, 0.25) is 0 Å². The molecule has 1 fully saturated rings. The van der Waals surface area contributed by atoms with Gasteiger partial charge in [-0.15, -0.1) is 0 Å². The van der Waals surface area contributed by atoms with Gasteiger partial charge in [-0.2, -0.15) is 4.91 Å². The molecule has 5 heteroatoms. The number of phenolic OH excluding ortho intramolecular Hbond substituents is 1. The Balaban J connectivity index is 1.47. The lowest BCUT2D eigenvalue weighted by molar-refractivity contribution is 0.139. The second kappa shape index (κ2) is 8.53. The summed E-state index contributed by atoms with van der Waals surface area (Å²) < 4.78 is 5.79. The first-order valence-electron chi connectivity index (χ1n) is 9.54. The zero-order valence-electron chi connectivity index (χ0n) is 16.1. The fraction of sp³-hybridized carbons (Fsp3) is 0.455. The maximum atomic E-state index is 11.6. The van der Waals surface area contributed by atoms with Gasteiger partial charge in [0.1, 0.15) is 23.6 Å². The van der Waals surface area contributed by atoms with Crippen molar-refractivity contribution < 1.29 is 9.84 Å². The van der Waals surface area contributed by atoms with Crippen LogP contribution in [-0.2, 0) is 6.42 Å². The molecular formula is C22H28N2O3. The van der Waals surface area contributed by atoms with Crippen LogP contribution in [-0.4, -0.2) is 41.8 Å². The Hall–Kier alpha value is -2.40. The Morgan fingerprint density at radius 3 is 2.44 bits per heavy atom. The Morgan fingerprint density at radius 1 is 1.11 bits per heavy atom. The number of phenols is 1. The zero-order valence-corrected chi connectivity index (χ0v) is 16.1. The van der Waals surface area contributed by atoms with Gasteiger partial charge in [-0.25, -0.2) is 0 Å². The van der Waals surface area contributed by atoms with E-state index in [9.17, 15) is 10.0 Å². The van der Waals surface area contributed by atoms with E-state index < -0.39 is 5.54 Å². The molecule has 1 N–H and O–H groups in total. The standard InChI is InChI=1S/C22H28N2O3/c1-17-3-5-19(6-4-17)16-22(23-26)9-11-24(12-10-22)13-14-27-20-7-8-21(25)18(2)15-20/h3-8,15,25H,9-14,16H2,1-2H3. The quantitative estimate of drug-likeness (QED) is 0.743. The van der Waals surface area contributed by atoms with Gasteiger partial charge in [-0.1, -0.05) is 35.0 Å². The molecule has 1 saturated heterocycles. The van der Waals surface area contributed by atoms with Crippen LogP contribution in [0.25, 0.3) is 0 Å². The number of aromatic hydroxyl groups is 1. The van der Waals surface area contributed by atoms with E-state index in [0.717, 1.165) is 43.8 Å². The van der Waals surface area contributed by atoms with Crippen LogP contribution in [0, 0.1) is 18.8 Å². The predicted molar refractivity (Wildman–Crippen MR) is 107 cm³/mol. The molecule has 0 saturated carbocycles. The van der Waals surface area contributed by atoms with Crippen LogP contribution in [0.1, 0.15) is 29.5 Å². The first kappa shape index (κ1) is 19.4. The lowest BCUT2D eigenvalue weighted by Gasteiger charge is -2.37. The van der Waals surface area contributed by atoms with Crippen LogP contribution >= 0.6 is 0 Å². The Morgan fingerprint density at radius 2 is 1.81 bits per heavy atom. The molecule has 3 rings (SSSR count). The van der Waals surface area contributed by atoms with Gasteiger partial charge in [0, 0.05) is 26.1 Å². The van der Waals surface area contributed by atoms with E-state index in [1.165, 1.54) is 11.1 Å². The second-order valence-corrected chi connectivity index (χ2v) is 7.62. The number of benzene rings is 2. The Labute approximate surface area is 160 Å². The van der Waals surface area contributed by atoms with Gasteiger partial charge in [-0.05, 0) is 56.0 Å². The average molecular weight is 368 g/mol. The highest BCUT2D eigenvalue weighted by Gasteiger charge is 2.36. The number of likely N-dealkylation sites (tertiary alicyclic amines) is 1. The molecule has 0 amide bonds. The Kier molecular flexibility index (Phi) is 6.11. The highest BCUT2D eigenvalue weighted by molar-refractivity contribution is 5.38. The molecule has 2 aromatic rings. The Bertz CT molecular complexity index is 766. The highest BCUT2D eigenvalue weighted by Crippen LogP contribution is 2.30. The van der Waals surface area contributed by atoms with Crippen molar-refractivity contribution >= 4 is 0 Å². The molecule has 0 aromatic heterocycles. The molecule has 0 spiro atoms. The lowest BCUT2D eigenvalue weighted by atomic mass is 9.82. The van der Waals surface area contributed by atoms with Gasteiger partial charge < -0.3 is 9.84 Å². The van der Waals surface area contributed by atoms with Crippen molar-refractivity contribution in [2.45, 2.75) is 38.6 Å². The number of ether oxygens (including phenoxy) is 1. The summed E-state index contributed by atoms with van der Waals surface area (Å²) in [7, 11) is 0. The van der Waals surface area contributed by atoms with Crippen molar-refractivity contribution in [2.24, 2.45) is 5.18 Å². The fourth-order valence-corrected chi connectivity index (χ4v) is 3.59. The number of piperidine rings is 1. The molecule has 5 nitrogen and oxygen atoms in total. The summed E-state index contributed by atoms with van der Waals surface area (Å²) in [5.74, 6) is 1.05. The first-order chi connectivity index (χ1) is 13.0. The van der Waals surface area contributed by atoms with Crippen LogP contribution in [0.5, 0.6) is 11.5 Å². The molecule has 2 aromatic carbocycles. The van der Waals surface area contributed by atoms with E-state index in [1.54, 1.807) is 12.1 Å². The van der Waals surface area contributed by atoms with Gasteiger partial charge in [0.05, 0.1) is 0 Å². The molecule has 0 unspecified atom stereocenters. The smallest absolute Gasteiger partial charge is 0.119 e. The fourth-order valence-electron chi connectivity index (χ4n) is 3.59. The summed E-state index contributed by atoms with van der Waals surface area (Å²) in [6, 6.07) is 13.7. The van der Waals surface area contributed by atoms with Crippen LogP contribution in [0.15, 0.2) is 47.6 Å². The van der Waals surface area contributed by atoms with Gasteiger partial charge in [0.15, 0.2) is 0 Å². The number of aryl methyl sites for hydroxylation is 2. The van der Waals surface area contributed by atoms with Gasteiger partial charge in [0.25, 0.3) is 0 Å². The van der Waals surface area contributed by atoms with Crippen LogP contribution in [0.4, 0.5) is 0 Å². The largest absolute Gasteiger partial charge is 0.508 e. The minimum Gasteiger partial charge on any atom is -0.508 e. The molecule has 0 radical (unpaired) electrons. The van der Waals surface area contributed by atoms with E-state index in [-0.39, 0.29) is 5.75 Å². The van der Waals surface area contributed by atoms with E-state index >= 15 is 0 Å². The lowest BCUT2D eigenvalue weighted by Crippen LogP contribution is -2.45. The maximum absolute atomic E-state index is 11.6. The first-order valence-corrected chi connectivity index (χ1v) is 9.54. The third-order valence-corrected chi connectivity index (χ3v) is 5.48. The summed E-state index contributed by atoms with van der Waals surface area (Å²) in [5.41, 5.74) is 2.73. The molecule has 1 aliphatic heterocycles. The summed E-state index contributed by atoms with van der Waals surface area (Å²) >= 11 is 0. The topological polar surface area (TPSA) is 62.1 Å². The summed E-state index contributed by atoms with van der Waals surface area (Å²) in [6.07, 6.45) is 2.28. The number of rotatable bonds is 7. The third kappa shape index (κ3) is 5.07. The van der Waals surface area contributed by atoms with Crippen molar-refractivity contribution in [2.75, 3.05) is 26.2 Å². The molecule has 27 heavy (non-hydrogen) atoms. The number of hydrogen-bond donors (Lipinski definition) is 1. The number of hydrogen-bond acceptors (Lipinski definition) is 5. The highest BCUT2D eigenvalue weighted by atomic mass is 16.5. The average Bonchev–Trinajstić information content (AvgIpc) is 2.68. The third-order valence-electron chi connectivity index (χ3n) is 5.48. The van der Waals surface area contributed by atoms with E-state index in [2.05, 4.69) is 41.3 Å². The van der Waals surface area contributed by atoms with Crippen molar-refractivity contribution in [1.82, 2.24) is 4.90 Å². The summed E-state index contributed by atoms with van der Waals surface area (Å²) in [4.78, 5) is 13.9. The van der Waals surface area contributed by atoms with Gasteiger partial charge >= 0.3 is 0 Å². The van der Waals surface area contributed by atoms with Crippen LogP contribution < -0.4 is 4.74 Å². The summed E-state index contributed by atoms with van der Waals surface area (Å²) in [5, 5.41) is 13.1. The minimum absolute atomic E-state index is 0.282. The molecule has 1 heterocycles. The normalized spacial score (nSPS) is 16.8. The maximum Gasteiger partial charge on any atom is 0.119 e. The monoisotopic (exact) mass is 368 g/mol. The SMILES string of the molecule is Cc1ccc(CC2(N=O)CCN(CCOc3ccc(O)c(C)c3)CC2)cc1. The molecule has 144 valence electrons. The van der Waals surface area contributed by atoms with Gasteiger partial charge in [-0.3, -0.25) is 4.90 Å². The minimum atomic E-state index is -0.485. The number of nitroso groups, excluding NO2 is 1.